The van der Waals surface area contributed by atoms with E-state index in [-0.39, 0.29) is 0 Å². The number of nitriles is 1. The van der Waals surface area contributed by atoms with Gasteiger partial charge in [-0.2, -0.15) is 10.2 Å². The van der Waals surface area contributed by atoms with Crippen molar-refractivity contribution in [2.45, 2.75) is 32.3 Å². The minimum absolute atomic E-state index is 0.298. The van der Waals surface area contributed by atoms with Crippen LogP contribution in [0.5, 0.6) is 5.75 Å². The molecule has 0 bridgehead atoms. The Kier molecular flexibility index (Phi) is 5.68. The molecule has 1 fully saturated rings. The standard InChI is InChI=1S/C21H20BrN3O3/c22-15-5-7-16(8-6-15)26-14-17-9-10-19(27-17)20-24-18(13-23)21(28-20)25-11-3-1-2-4-12-25/h5-10H,1-4,11-12,14H2. The zero-order valence-electron chi connectivity index (χ0n) is 15.4. The molecule has 3 heterocycles. The van der Waals surface area contributed by atoms with E-state index in [0.717, 1.165) is 36.2 Å². The molecule has 6 nitrogen and oxygen atoms in total. The van der Waals surface area contributed by atoms with Crippen molar-refractivity contribution in [3.05, 3.63) is 52.3 Å². The average molecular weight is 442 g/mol. The lowest BCUT2D eigenvalue weighted by Gasteiger charge is -2.18. The predicted molar refractivity (Wildman–Crippen MR) is 108 cm³/mol. The molecule has 4 rings (SSSR count). The summed E-state index contributed by atoms with van der Waals surface area (Å²) in [5.74, 6) is 2.78. The molecule has 0 aliphatic carbocycles. The molecule has 144 valence electrons. The number of hydrogen-bond acceptors (Lipinski definition) is 6. The fourth-order valence-electron chi connectivity index (χ4n) is 3.23. The smallest absolute Gasteiger partial charge is 0.266 e. The number of rotatable bonds is 5. The highest BCUT2D eigenvalue weighted by atomic mass is 79.9. The number of oxazole rings is 1. The Morgan fingerprint density at radius 1 is 1.04 bits per heavy atom. The van der Waals surface area contributed by atoms with E-state index in [1.165, 1.54) is 12.8 Å². The summed E-state index contributed by atoms with van der Waals surface area (Å²) in [6, 6.07) is 13.4. The fraction of sp³-hybridized carbons (Fsp3) is 0.333. The molecule has 0 atom stereocenters. The quantitative estimate of drug-likeness (QED) is 0.517. The highest BCUT2D eigenvalue weighted by Gasteiger charge is 2.22. The zero-order chi connectivity index (χ0) is 19.3. The van der Waals surface area contributed by atoms with Crippen LogP contribution in [0.3, 0.4) is 0 Å². The van der Waals surface area contributed by atoms with Gasteiger partial charge in [0.25, 0.3) is 5.89 Å². The Bertz CT molecular complexity index is 964. The van der Waals surface area contributed by atoms with Crippen molar-refractivity contribution in [1.82, 2.24) is 4.98 Å². The van der Waals surface area contributed by atoms with Crippen molar-refractivity contribution in [2.75, 3.05) is 18.0 Å². The van der Waals surface area contributed by atoms with E-state index in [1.54, 1.807) is 6.07 Å². The van der Waals surface area contributed by atoms with Crippen LogP contribution >= 0.6 is 15.9 Å². The molecule has 1 saturated heterocycles. The summed E-state index contributed by atoms with van der Waals surface area (Å²) in [4.78, 5) is 6.45. The lowest BCUT2D eigenvalue weighted by atomic mass is 10.2. The second-order valence-corrected chi connectivity index (χ2v) is 7.61. The van der Waals surface area contributed by atoms with Gasteiger partial charge in [-0.15, -0.1) is 0 Å². The number of benzene rings is 1. The first kappa shape index (κ1) is 18.6. The van der Waals surface area contributed by atoms with Gasteiger partial charge in [0, 0.05) is 17.6 Å². The molecular weight excluding hydrogens is 422 g/mol. The van der Waals surface area contributed by atoms with E-state index < -0.39 is 0 Å². The van der Waals surface area contributed by atoms with Gasteiger partial charge in [0.05, 0.1) is 0 Å². The van der Waals surface area contributed by atoms with Crippen LogP contribution in [0.2, 0.25) is 0 Å². The number of halogens is 1. The molecular formula is C21H20BrN3O3. The van der Waals surface area contributed by atoms with Gasteiger partial charge in [-0.1, -0.05) is 28.8 Å². The second-order valence-electron chi connectivity index (χ2n) is 6.69. The molecule has 1 aliphatic heterocycles. The third-order valence-corrected chi connectivity index (χ3v) is 5.20. The van der Waals surface area contributed by atoms with E-state index in [0.29, 0.717) is 35.6 Å². The Hall–Kier alpha value is -2.72. The summed E-state index contributed by atoms with van der Waals surface area (Å²) in [7, 11) is 0. The number of furan rings is 1. The largest absolute Gasteiger partial charge is 0.486 e. The van der Waals surface area contributed by atoms with Crippen LogP contribution in [0.15, 0.2) is 49.7 Å². The third kappa shape index (κ3) is 4.23. The van der Waals surface area contributed by atoms with Gasteiger partial charge in [0.1, 0.15) is 24.2 Å². The van der Waals surface area contributed by atoms with Gasteiger partial charge < -0.3 is 18.5 Å². The molecule has 28 heavy (non-hydrogen) atoms. The molecule has 7 heteroatoms. The number of nitrogens with zero attached hydrogens (tertiary/aromatic N) is 3. The molecule has 0 spiro atoms. The molecule has 0 saturated carbocycles. The lowest BCUT2D eigenvalue weighted by Crippen LogP contribution is -2.24. The maximum Gasteiger partial charge on any atom is 0.266 e. The Balaban J connectivity index is 1.48. The van der Waals surface area contributed by atoms with Gasteiger partial charge in [-0.05, 0) is 49.2 Å². The molecule has 2 aromatic heterocycles. The molecule has 1 aliphatic rings. The molecule has 0 unspecified atom stereocenters. The number of ether oxygens (including phenoxy) is 1. The average Bonchev–Trinajstić information content (AvgIpc) is 3.27. The van der Waals surface area contributed by atoms with Crippen LogP contribution in [-0.2, 0) is 6.61 Å². The minimum atomic E-state index is 0.298. The maximum absolute atomic E-state index is 9.46. The molecule has 0 amide bonds. The molecule has 0 N–H and O–H groups in total. The third-order valence-electron chi connectivity index (χ3n) is 4.68. The monoisotopic (exact) mass is 441 g/mol. The van der Waals surface area contributed by atoms with Crippen molar-refractivity contribution in [3.63, 3.8) is 0 Å². The zero-order valence-corrected chi connectivity index (χ0v) is 16.9. The Morgan fingerprint density at radius 3 is 2.50 bits per heavy atom. The van der Waals surface area contributed by atoms with Crippen molar-refractivity contribution in [1.29, 1.82) is 5.26 Å². The summed E-state index contributed by atoms with van der Waals surface area (Å²) in [6.07, 6.45) is 4.61. The Morgan fingerprint density at radius 2 is 1.79 bits per heavy atom. The van der Waals surface area contributed by atoms with Crippen molar-refractivity contribution < 1.29 is 13.6 Å². The van der Waals surface area contributed by atoms with Crippen LogP contribution in [0.25, 0.3) is 11.7 Å². The van der Waals surface area contributed by atoms with E-state index in [9.17, 15) is 5.26 Å². The van der Waals surface area contributed by atoms with Crippen molar-refractivity contribution in [3.8, 4) is 23.5 Å². The molecule has 3 aromatic rings. The highest BCUT2D eigenvalue weighted by Crippen LogP contribution is 2.31. The van der Waals surface area contributed by atoms with Crippen molar-refractivity contribution in [2.24, 2.45) is 0 Å². The van der Waals surface area contributed by atoms with E-state index in [2.05, 4.69) is 31.9 Å². The van der Waals surface area contributed by atoms with Crippen LogP contribution in [-0.4, -0.2) is 18.1 Å². The van der Waals surface area contributed by atoms with Gasteiger partial charge in [-0.25, -0.2) is 0 Å². The van der Waals surface area contributed by atoms with E-state index >= 15 is 0 Å². The number of hydrogen-bond donors (Lipinski definition) is 0. The first-order valence-corrected chi connectivity index (χ1v) is 10.2. The van der Waals surface area contributed by atoms with Gasteiger partial charge in [-0.3, -0.25) is 0 Å². The SMILES string of the molecule is N#Cc1nc(-c2ccc(COc3ccc(Br)cc3)o2)oc1N1CCCCCC1. The first-order valence-electron chi connectivity index (χ1n) is 9.36. The number of aromatic nitrogens is 1. The Labute approximate surface area is 171 Å². The summed E-state index contributed by atoms with van der Waals surface area (Å²) < 4.78 is 18.5. The van der Waals surface area contributed by atoms with Gasteiger partial charge in [0.2, 0.25) is 11.6 Å². The summed E-state index contributed by atoms with van der Waals surface area (Å²) in [6.45, 7) is 2.06. The van der Waals surface area contributed by atoms with Crippen LogP contribution < -0.4 is 9.64 Å². The summed E-state index contributed by atoms with van der Waals surface area (Å²) in [5, 5.41) is 9.46. The lowest BCUT2D eigenvalue weighted by molar-refractivity contribution is 0.271. The summed E-state index contributed by atoms with van der Waals surface area (Å²) >= 11 is 3.40. The predicted octanol–water partition coefficient (Wildman–Crippen LogP) is 5.53. The number of anilines is 1. The summed E-state index contributed by atoms with van der Waals surface area (Å²) in [5.41, 5.74) is 0.306. The molecule has 1 aromatic carbocycles. The van der Waals surface area contributed by atoms with Crippen molar-refractivity contribution >= 4 is 21.8 Å². The minimum Gasteiger partial charge on any atom is -0.486 e. The van der Waals surface area contributed by atoms with E-state index in [1.807, 2.05) is 30.3 Å². The molecule has 0 radical (unpaired) electrons. The highest BCUT2D eigenvalue weighted by molar-refractivity contribution is 9.10. The normalized spacial score (nSPS) is 14.5. The fourth-order valence-corrected chi connectivity index (χ4v) is 3.50. The van der Waals surface area contributed by atoms with Gasteiger partial charge in [0.15, 0.2) is 5.76 Å². The van der Waals surface area contributed by atoms with E-state index in [4.69, 9.17) is 13.6 Å². The first-order chi connectivity index (χ1) is 13.7. The maximum atomic E-state index is 9.46. The van der Waals surface area contributed by atoms with Crippen LogP contribution in [0.1, 0.15) is 37.1 Å². The van der Waals surface area contributed by atoms with Crippen LogP contribution in [0, 0.1) is 11.3 Å². The van der Waals surface area contributed by atoms with Crippen LogP contribution in [0.4, 0.5) is 5.88 Å². The topological polar surface area (TPSA) is 75.4 Å². The second kappa shape index (κ2) is 8.53. The van der Waals surface area contributed by atoms with Gasteiger partial charge >= 0.3 is 0 Å².